The Morgan fingerprint density at radius 2 is 1.74 bits per heavy atom. The van der Waals surface area contributed by atoms with Crippen molar-refractivity contribution in [3.8, 4) is 0 Å². The lowest BCUT2D eigenvalue weighted by Gasteiger charge is -2.29. The summed E-state index contributed by atoms with van der Waals surface area (Å²) in [4.78, 5) is 56.6. The summed E-state index contributed by atoms with van der Waals surface area (Å²) >= 11 is 0. The van der Waals surface area contributed by atoms with Crippen LogP contribution < -0.4 is 16.0 Å². The summed E-state index contributed by atoms with van der Waals surface area (Å²) in [5.74, 6) is -6.60. The van der Waals surface area contributed by atoms with E-state index in [0.29, 0.717) is 5.69 Å². The topological polar surface area (TPSA) is 117 Å². The molecular formula is C29H32F2N4O4. The van der Waals surface area contributed by atoms with E-state index >= 15 is 0 Å². The van der Waals surface area contributed by atoms with Gasteiger partial charge in [-0.3, -0.25) is 24.2 Å². The number of hydrogen-bond donors (Lipinski definition) is 3. The summed E-state index contributed by atoms with van der Waals surface area (Å²) in [7, 11) is 0. The zero-order chi connectivity index (χ0) is 28.0. The predicted molar refractivity (Wildman–Crippen MR) is 139 cm³/mol. The van der Waals surface area contributed by atoms with E-state index in [-0.39, 0.29) is 45.1 Å². The highest BCUT2D eigenvalue weighted by molar-refractivity contribution is 6.38. The number of ketones is 1. The van der Waals surface area contributed by atoms with E-state index in [4.69, 9.17) is 0 Å². The van der Waals surface area contributed by atoms with Gasteiger partial charge in [0.2, 0.25) is 23.5 Å². The van der Waals surface area contributed by atoms with Crippen LogP contribution in [0.15, 0.2) is 67.4 Å². The number of nitrogens with one attached hydrogen (secondary N) is 3. The van der Waals surface area contributed by atoms with Gasteiger partial charge in [-0.2, -0.15) is 0 Å². The number of alkyl halides is 2. The molecule has 206 valence electrons. The molecule has 1 aromatic heterocycles. The summed E-state index contributed by atoms with van der Waals surface area (Å²) in [6.07, 6.45) is 2.73. The molecular weight excluding hydrogens is 506 g/mol. The van der Waals surface area contributed by atoms with Gasteiger partial charge in [-0.25, -0.2) is 8.78 Å². The first kappa shape index (κ1) is 28.1. The highest BCUT2D eigenvalue weighted by Crippen LogP contribution is 2.45. The molecule has 3 amide bonds. The molecule has 0 unspecified atom stereocenters. The molecule has 39 heavy (non-hydrogen) atoms. The average molecular weight is 539 g/mol. The molecule has 2 saturated carbocycles. The van der Waals surface area contributed by atoms with Gasteiger partial charge in [0.1, 0.15) is 11.6 Å². The molecule has 2 aliphatic rings. The Hall–Kier alpha value is -3.95. The minimum absolute atomic E-state index is 0.0286. The van der Waals surface area contributed by atoms with Crippen LogP contribution in [0.5, 0.6) is 0 Å². The van der Waals surface area contributed by atoms with Gasteiger partial charge < -0.3 is 16.0 Å². The number of carbonyl (C=O) groups is 4. The summed E-state index contributed by atoms with van der Waals surface area (Å²) in [5, 5.41) is 7.99. The molecule has 8 nitrogen and oxygen atoms in total. The third-order valence-corrected chi connectivity index (χ3v) is 7.42. The van der Waals surface area contributed by atoms with Crippen molar-refractivity contribution in [3.05, 3.63) is 78.6 Å². The van der Waals surface area contributed by atoms with Crippen molar-refractivity contribution < 1.29 is 28.0 Å². The minimum Gasteiger partial charge on any atom is -0.344 e. The van der Waals surface area contributed by atoms with Crippen LogP contribution in [0.1, 0.15) is 43.4 Å². The fourth-order valence-corrected chi connectivity index (χ4v) is 4.92. The van der Waals surface area contributed by atoms with Crippen LogP contribution in [0.3, 0.4) is 0 Å². The third-order valence-electron chi connectivity index (χ3n) is 7.42. The summed E-state index contributed by atoms with van der Waals surface area (Å²) in [6, 6.07) is 12.9. The molecule has 4 rings (SSSR count). The molecule has 2 fully saturated rings. The number of nitrogens with zero attached hydrogens (tertiary/aromatic N) is 1. The van der Waals surface area contributed by atoms with Gasteiger partial charge in [-0.05, 0) is 37.0 Å². The van der Waals surface area contributed by atoms with Crippen LogP contribution in [-0.2, 0) is 32.1 Å². The standard InChI is InChI=1S/C29H32F2N4O4/c1-2-21-17-29(21,35-25(37)20-11-13-28(30,31)14-12-20)27(39)34-23(16-19-8-4-3-5-9-19)24(36)26(38)33-18-22-10-6-7-15-32-22/h2-10,15,20-21,23H,1,11-14,16-18H2,(H,33,38)(H,34,39)(H,35,37)/t21-,23-,29-/m1/s1. The molecule has 0 aliphatic heterocycles. The maximum Gasteiger partial charge on any atom is 0.289 e. The number of benzene rings is 1. The Kier molecular flexibility index (Phi) is 8.52. The number of halogens is 2. The molecule has 2 aliphatic carbocycles. The van der Waals surface area contributed by atoms with Gasteiger partial charge in [-0.15, -0.1) is 6.58 Å². The van der Waals surface area contributed by atoms with E-state index in [9.17, 15) is 28.0 Å². The second kappa shape index (κ2) is 11.8. The fraction of sp³-hybridized carbons (Fsp3) is 0.414. The highest BCUT2D eigenvalue weighted by Gasteiger charge is 2.60. The fourth-order valence-electron chi connectivity index (χ4n) is 4.92. The SMILES string of the molecule is C=C[C@@H]1C[C@]1(NC(=O)C1CCC(F)(F)CC1)C(=O)N[C@H](Cc1ccccc1)C(=O)C(=O)NCc1ccccn1. The Bertz CT molecular complexity index is 1210. The number of amides is 3. The Balaban J connectivity index is 1.46. The lowest BCUT2D eigenvalue weighted by Crippen LogP contribution is -2.57. The van der Waals surface area contributed by atoms with E-state index in [2.05, 4.69) is 27.5 Å². The zero-order valence-electron chi connectivity index (χ0n) is 21.5. The second-order valence-corrected chi connectivity index (χ2v) is 10.2. The smallest absolute Gasteiger partial charge is 0.289 e. The molecule has 1 heterocycles. The van der Waals surface area contributed by atoms with Crippen LogP contribution in [0.25, 0.3) is 0 Å². The summed E-state index contributed by atoms with van der Waals surface area (Å²) in [5.41, 5.74) is -0.0551. The van der Waals surface area contributed by atoms with Crippen molar-refractivity contribution in [2.45, 2.75) is 62.6 Å². The molecule has 0 bridgehead atoms. The molecule has 10 heteroatoms. The molecule has 0 radical (unpaired) electrons. The van der Waals surface area contributed by atoms with E-state index in [1.54, 1.807) is 54.7 Å². The van der Waals surface area contributed by atoms with E-state index in [0.717, 1.165) is 5.56 Å². The van der Waals surface area contributed by atoms with Crippen LogP contribution in [0.2, 0.25) is 0 Å². The van der Waals surface area contributed by atoms with Gasteiger partial charge in [0.05, 0.1) is 12.2 Å². The quantitative estimate of drug-likeness (QED) is 0.301. The Morgan fingerprint density at radius 3 is 2.36 bits per heavy atom. The normalized spacial score (nSPS) is 22.7. The first-order chi connectivity index (χ1) is 18.6. The summed E-state index contributed by atoms with van der Waals surface area (Å²) < 4.78 is 27.1. The third kappa shape index (κ3) is 6.93. The van der Waals surface area contributed by atoms with Gasteiger partial charge >= 0.3 is 0 Å². The molecule has 0 saturated heterocycles. The van der Waals surface area contributed by atoms with Crippen molar-refractivity contribution >= 4 is 23.5 Å². The predicted octanol–water partition coefficient (Wildman–Crippen LogP) is 2.88. The second-order valence-electron chi connectivity index (χ2n) is 10.2. The number of carbonyl (C=O) groups excluding carboxylic acids is 4. The minimum atomic E-state index is -2.78. The molecule has 3 N–H and O–H groups in total. The molecule has 3 atom stereocenters. The van der Waals surface area contributed by atoms with Crippen LogP contribution in [-0.4, -0.2) is 46.0 Å². The number of hydrogen-bond acceptors (Lipinski definition) is 5. The van der Waals surface area contributed by atoms with Crippen molar-refractivity contribution in [1.82, 2.24) is 20.9 Å². The molecule has 1 aromatic carbocycles. The van der Waals surface area contributed by atoms with E-state index in [1.807, 2.05) is 6.07 Å². The maximum absolute atomic E-state index is 13.6. The Labute approximate surface area is 225 Å². The summed E-state index contributed by atoms with van der Waals surface area (Å²) in [6.45, 7) is 3.77. The Morgan fingerprint density at radius 1 is 1.05 bits per heavy atom. The van der Waals surface area contributed by atoms with Crippen molar-refractivity contribution in [1.29, 1.82) is 0 Å². The van der Waals surface area contributed by atoms with Gasteiger partial charge in [0.25, 0.3) is 5.91 Å². The van der Waals surface area contributed by atoms with Crippen LogP contribution >= 0.6 is 0 Å². The lowest BCUT2D eigenvalue weighted by atomic mass is 9.86. The number of Topliss-reactive ketones (excluding diaryl/α,β-unsaturated/α-hetero) is 1. The van der Waals surface area contributed by atoms with E-state index < -0.39 is 52.8 Å². The lowest BCUT2D eigenvalue weighted by molar-refractivity contribution is -0.141. The van der Waals surface area contributed by atoms with Gasteiger partial charge in [0, 0.05) is 37.3 Å². The largest absolute Gasteiger partial charge is 0.344 e. The zero-order valence-corrected chi connectivity index (χ0v) is 21.5. The van der Waals surface area contributed by atoms with Crippen molar-refractivity contribution in [2.75, 3.05) is 0 Å². The number of pyridine rings is 1. The van der Waals surface area contributed by atoms with Crippen LogP contribution in [0, 0.1) is 11.8 Å². The first-order valence-electron chi connectivity index (χ1n) is 13.0. The molecule has 2 aromatic rings. The van der Waals surface area contributed by atoms with Crippen molar-refractivity contribution in [2.24, 2.45) is 11.8 Å². The number of rotatable bonds is 11. The van der Waals surface area contributed by atoms with Crippen molar-refractivity contribution in [3.63, 3.8) is 0 Å². The van der Waals surface area contributed by atoms with Gasteiger partial charge in [0.15, 0.2) is 0 Å². The van der Waals surface area contributed by atoms with Gasteiger partial charge in [-0.1, -0.05) is 42.5 Å². The number of aromatic nitrogens is 1. The highest BCUT2D eigenvalue weighted by atomic mass is 19.3. The monoisotopic (exact) mass is 538 g/mol. The molecule has 0 spiro atoms. The van der Waals surface area contributed by atoms with Crippen LogP contribution in [0.4, 0.5) is 8.78 Å². The average Bonchev–Trinajstić information content (AvgIpc) is 3.66. The van der Waals surface area contributed by atoms with E-state index in [1.165, 1.54) is 0 Å². The first-order valence-corrected chi connectivity index (χ1v) is 13.0. The maximum atomic E-state index is 13.6.